The maximum Gasteiger partial charge on any atom is 0.345 e. The molecule has 334 valence electrons. The molecule has 1 unspecified atom stereocenters. The minimum Gasteiger partial charge on any atom is -0.496 e. The highest BCUT2D eigenvalue weighted by Gasteiger charge is 2.35. The van der Waals surface area contributed by atoms with Crippen LogP contribution in [0.15, 0.2) is 97.5 Å². The number of alkyl halides is 2. The fourth-order valence-corrected chi connectivity index (χ4v) is 9.33. The fourth-order valence-electron chi connectivity index (χ4n) is 7.97. The lowest BCUT2D eigenvalue weighted by Gasteiger charge is -2.34. The summed E-state index contributed by atoms with van der Waals surface area (Å²) in [7, 11) is 1.57. The first-order valence-electron chi connectivity index (χ1n) is 20.8. The monoisotopic (exact) mass is 923 g/mol. The van der Waals surface area contributed by atoms with Gasteiger partial charge in [0.25, 0.3) is 5.92 Å². The summed E-state index contributed by atoms with van der Waals surface area (Å²) in [5.41, 5.74) is 4.22. The van der Waals surface area contributed by atoms with Gasteiger partial charge in [-0.3, -0.25) is 4.90 Å². The molecule has 3 aromatic heterocycles. The Kier molecular flexibility index (Phi) is 12.5. The van der Waals surface area contributed by atoms with Crippen LogP contribution in [-0.2, 0) is 17.8 Å². The number of piperidine rings is 1. The Bertz CT molecular complexity index is 2880. The number of aromatic nitrogens is 4. The standard InChI is InChI=1S/C48H41ClF3N5O7S/c1-27-34-12-14-38(42(27)49)63-33(23-57-19-16-48(51,52)17-20-57)25-61-32-11-13-36(62-24-31-15-18-53-44(56-31)35-5-3-4-6-37(35)60-2)29(21-32)22-39(47(58)59)64-45-41-40(34)43(65-46(41)55-26-54-45)28-7-9-30(50)10-8-28/h3-15,18,21,26,33,39H,16-17,19-20,22-25H2,1-2H3,(H,58,59)/t33?,39-/m1/s1. The molecule has 10 rings (SSSR count). The molecule has 0 amide bonds. The second kappa shape index (κ2) is 18.5. The summed E-state index contributed by atoms with van der Waals surface area (Å²) in [5.74, 6) is -2.33. The van der Waals surface area contributed by atoms with Gasteiger partial charge in [-0.2, -0.15) is 0 Å². The van der Waals surface area contributed by atoms with Crippen molar-refractivity contribution in [2.45, 2.75) is 50.9 Å². The number of para-hydroxylation sites is 1. The van der Waals surface area contributed by atoms with E-state index < -0.39 is 29.9 Å². The number of hydrogen-bond donors (Lipinski definition) is 1. The largest absolute Gasteiger partial charge is 0.496 e. The van der Waals surface area contributed by atoms with E-state index in [1.54, 1.807) is 55.8 Å². The molecule has 0 saturated carbocycles. The van der Waals surface area contributed by atoms with Crippen molar-refractivity contribution in [1.29, 1.82) is 0 Å². The molecular weight excluding hydrogens is 883 g/mol. The van der Waals surface area contributed by atoms with Gasteiger partial charge < -0.3 is 28.8 Å². The third-order valence-electron chi connectivity index (χ3n) is 11.4. The number of carboxylic acid groups (broad SMARTS) is 1. The smallest absolute Gasteiger partial charge is 0.345 e. The van der Waals surface area contributed by atoms with Gasteiger partial charge in [0.15, 0.2) is 5.82 Å². The van der Waals surface area contributed by atoms with Crippen LogP contribution in [0.4, 0.5) is 13.2 Å². The summed E-state index contributed by atoms with van der Waals surface area (Å²) in [6.45, 7) is 2.40. The number of methoxy groups -OCH3 is 1. The summed E-state index contributed by atoms with van der Waals surface area (Å²) in [4.78, 5) is 34.5. The lowest BCUT2D eigenvalue weighted by atomic mass is 9.96. The van der Waals surface area contributed by atoms with Crippen molar-refractivity contribution in [2.75, 3.05) is 33.4 Å². The number of carbonyl (C=O) groups is 1. The Morgan fingerprint density at radius 2 is 1.77 bits per heavy atom. The lowest BCUT2D eigenvalue weighted by Crippen LogP contribution is -2.45. The number of fused-ring (bicyclic) bond motifs is 7. The molecule has 3 aliphatic rings. The van der Waals surface area contributed by atoms with E-state index in [0.29, 0.717) is 83.0 Å². The molecule has 3 aliphatic heterocycles. The van der Waals surface area contributed by atoms with Crippen molar-refractivity contribution >= 4 is 39.1 Å². The fraction of sp³-hybridized carbons (Fsp3) is 0.271. The zero-order valence-corrected chi connectivity index (χ0v) is 36.7. The molecule has 1 fully saturated rings. The molecule has 12 nitrogen and oxygen atoms in total. The van der Waals surface area contributed by atoms with E-state index in [1.807, 2.05) is 42.2 Å². The van der Waals surface area contributed by atoms with Crippen LogP contribution in [0.25, 0.3) is 43.2 Å². The topological polar surface area (TPSA) is 138 Å². The SMILES string of the molecule is COc1ccccc1-c1nccc(COc2ccc3cc2C[C@H](C(=O)O)Oc2ncnc4sc(-c5ccc(F)cc5)c(c24)-c2ccc(c(Cl)c2C)OC(CN2CCC(F)(F)CC2)CO3)n1. The summed E-state index contributed by atoms with van der Waals surface area (Å²) >= 11 is 8.46. The van der Waals surface area contributed by atoms with E-state index in [0.717, 1.165) is 0 Å². The Morgan fingerprint density at radius 3 is 2.55 bits per heavy atom. The molecule has 0 aliphatic carbocycles. The van der Waals surface area contributed by atoms with Gasteiger partial charge in [0.05, 0.1) is 28.8 Å². The average Bonchev–Trinajstić information content (AvgIpc) is 3.70. The Labute approximate surface area is 380 Å². The van der Waals surface area contributed by atoms with Crippen molar-refractivity contribution < 1.29 is 46.8 Å². The number of hydrogen-bond acceptors (Lipinski definition) is 12. The molecule has 4 bridgehead atoms. The van der Waals surface area contributed by atoms with E-state index in [4.69, 9.17) is 40.3 Å². The first-order chi connectivity index (χ1) is 31.4. The minimum absolute atomic E-state index is 0.00441. The Balaban J connectivity index is 1.13. The number of benzene rings is 4. The van der Waals surface area contributed by atoms with Crippen LogP contribution in [0.5, 0.6) is 28.9 Å². The number of rotatable bonds is 9. The molecule has 4 aromatic carbocycles. The summed E-state index contributed by atoms with van der Waals surface area (Å²) in [6, 6.07) is 23.7. The van der Waals surface area contributed by atoms with Gasteiger partial charge in [-0.15, -0.1) is 11.3 Å². The molecule has 0 radical (unpaired) electrons. The van der Waals surface area contributed by atoms with Crippen LogP contribution < -0.4 is 23.7 Å². The highest BCUT2D eigenvalue weighted by molar-refractivity contribution is 7.22. The third kappa shape index (κ3) is 9.51. The zero-order chi connectivity index (χ0) is 45.2. The maximum absolute atomic E-state index is 14.3. The minimum atomic E-state index is -2.74. The van der Waals surface area contributed by atoms with Crippen LogP contribution >= 0.6 is 22.9 Å². The maximum atomic E-state index is 14.3. The first kappa shape index (κ1) is 43.7. The summed E-state index contributed by atoms with van der Waals surface area (Å²) in [6.07, 6.45) is -0.00909. The van der Waals surface area contributed by atoms with E-state index in [2.05, 4.69) is 15.0 Å². The number of likely N-dealkylation sites (tertiary alicyclic amines) is 1. The van der Waals surface area contributed by atoms with Crippen LogP contribution in [0.2, 0.25) is 5.02 Å². The van der Waals surface area contributed by atoms with Crippen molar-refractivity contribution in [3.05, 3.63) is 125 Å². The van der Waals surface area contributed by atoms with E-state index in [1.165, 1.54) is 29.8 Å². The number of aliphatic carboxylic acids is 1. The number of nitrogens with zero attached hydrogens (tertiary/aromatic N) is 5. The second-order valence-corrected chi connectivity index (χ2v) is 17.1. The van der Waals surface area contributed by atoms with Crippen LogP contribution in [0.3, 0.4) is 0 Å². The number of halogens is 4. The highest BCUT2D eigenvalue weighted by atomic mass is 35.5. The zero-order valence-electron chi connectivity index (χ0n) is 35.1. The van der Waals surface area contributed by atoms with Crippen LogP contribution in [0, 0.1) is 12.7 Å². The lowest BCUT2D eigenvalue weighted by molar-refractivity contribution is -0.145. The predicted octanol–water partition coefficient (Wildman–Crippen LogP) is 10.1. The van der Waals surface area contributed by atoms with E-state index in [9.17, 15) is 23.1 Å². The Hall–Kier alpha value is -6.49. The third-order valence-corrected chi connectivity index (χ3v) is 13.0. The highest BCUT2D eigenvalue weighted by Crippen LogP contribution is 2.50. The van der Waals surface area contributed by atoms with Gasteiger partial charge in [0.1, 0.15) is 59.3 Å². The van der Waals surface area contributed by atoms with Gasteiger partial charge >= 0.3 is 5.97 Å². The molecule has 1 N–H and O–H groups in total. The molecule has 1 saturated heterocycles. The van der Waals surface area contributed by atoms with Gasteiger partial charge in [-0.05, 0) is 78.2 Å². The van der Waals surface area contributed by atoms with Crippen molar-refractivity contribution in [3.8, 4) is 61.8 Å². The van der Waals surface area contributed by atoms with Gasteiger partial charge in [-0.1, -0.05) is 41.9 Å². The van der Waals surface area contributed by atoms with Crippen LogP contribution in [0.1, 0.15) is 29.7 Å². The van der Waals surface area contributed by atoms with Crippen molar-refractivity contribution in [1.82, 2.24) is 24.8 Å². The normalized spacial score (nSPS) is 17.4. The number of carboxylic acids is 1. The molecule has 17 heteroatoms. The summed E-state index contributed by atoms with van der Waals surface area (Å²) in [5, 5.41) is 11.5. The second-order valence-electron chi connectivity index (χ2n) is 15.7. The van der Waals surface area contributed by atoms with Gasteiger partial charge in [0, 0.05) is 61.1 Å². The molecule has 0 spiro atoms. The van der Waals surface area contributed by atoms with Crippen molar-refractivity contribution in [2.24, 2.45) is 0 Å². The van der Waals surface area contributed by atoms with Gasteiger partial charge in [0.2, 0.25) is 12.0 Å². The van der Waals surface area contributed by atoms with Crippen LogP contribution in [-0.4, -0.2) is 87.4 Å². The quantitative estimate of drug-likeness (QED) is 0.148. The first-order valence-corrected chi connectivity index (χ1v) is 22.0. The van der Waals surface area contributed by atoms with E-state index in [-0.39, 0.29) is 63.0 Å². The molecule has 6 heterocycles. The molecule has 7 aromatic rings. The predicted molar refractivity (Wildman–Crippen MR) is 239 cm³/mol. The number of thiophene rings is 1. The number of ether oxygens (including phenoxy) is 5. The molecule has 2 atom stereocenters. The van der Waals surface area contributed by atoms with E-state index >= 15 is 0 Å². The van der Waals surface area contributed by atoms with Gasteiger partial charge in [-0.25, -0.2) is 37.9 Å². The molecule has 65 heavy (non-hydrogen) atoms. The van der Waals surface area contributed by atoms with Crippen molar-refractivity contribution in [3.63, 3.8) is 0 Å². The molecular formula is C48H41ClF3N5O7S. The average molecular weight is 924 g/mol. The summed E-state index contributed by atoms with van der Waals surface area (Å²) < 4.78 is 74.0. The Morgan fingerprint density at radius 1 is 0.969 bits per heavy atom.